The summed E-state index contributed by atoms with van der Waals surface area (Å²) in [6, 6.07) is 13.1. The lowest BCUT2D eigenvalue weighted by atomic mass is 10.1. The van der Waals surface area contributed by atoms with Gasteiger partial charge in [-0.3, -0.25) is 0 Å². The van der Waals surface area contributed by atoms with Crippen LogP contribution in [0.2, 0.25) is 15.1 Å². The zero-order valence-electron chi connectivity index (χ0n) is 17.5. The minimum absolute atomic E-state index is 0.0179. The first-order valence-electron chi connectivity index (χ1n) is 10.6. The van der Waals surface area contributed by atoms with Gasteiger partial charge in [0.25, 0.3) is 0 Å². The van der Waals surface area contributed by atoms with E-state index in [4.69, 9.17) is 49.0 Å². The monoisotopic (exact) mass is 494 g/mol. The predicted octanol–water partition coefficient (Wildman–Crippen LogP) is 6.71. The molecule has 2 heterocycles. The first-order valence-corrected chi connectivity index (χ1v) is 11.7. The maximum Gasteiger partial charge on any atom is 0.158 e. The van der Waals surface area contributed by atoms with Crippen molar-refractivity contribution in [2.75, 3.05) is 6.61 Å². The number of ether oxygens (including phenoxy) is 3. The Morgan fingerprint density at radius 2 is 1.88 bits per heavy atom. The maximum atomic E-state index is 6.49. The molecule has 2 aromatic carbocycles. The molecule has 0 aliphatic carbocycles. The number of benzene rings is 2. The topological polar surface area (TPSA) is 45.5 Å². The summed E-state index contributed by atoms with van der Waals surface area (Å²) in [7, 11) is 0. The Morgan fingerprint density at radius 1 is 1.06 bits per heavy atom. The molecule has 32 heavy (non-hydrogen) atoms. The van der Waals surface area contributed by atoms with Crippen molar-refractivity contribution >= 4 is 34.8 Å². The van der Waals surface area contributed by atoms with Crippen LogP contribution in [0, 0.1) is 0 Å². The van der Waals surface area contributed by atoms with Gasteiger partial charge in [0.15, 0.2) is 6.29 Å². The molecule has 0 radical (unpaired) electrons. The fourth-order valence-electron chi connectivity index (χ4n) is 3.72. The molecule has 0 saturated carbocycles. The highest BCUT2D eigenvalue weighted by Crippen LogP contribution is 2.33. The Morgan fingerprint density at radius 3 is 2.62 bits per heavy atom. The van der Waals surface area contributed by atoms with Crippen molar-refractivity contribution in [1.82, 2.24) is 9.55 Å². The molecule has 0 N–H and O–H groups in total. The highest BCUT2D eigenvalue weighted by Gasteiger charge is 2.27. The van der Waals surface area contributed by atoms with Gasteiger partial charge >= 0.3 is 0 Å². The lowest BCUT2D eigenvalue weighted by molar-refractivity contribution is -0.227. The molecule has 1 fully saturated rings. The minimum atomic E-state index is -0.340. The van der Waals surface area contributed by atoms with E-state index < -0.39 is 0 Å². The third-order valence-electron chi connectivity index (χ3n) is 5.36. The van der Waals surface area contributed by atoms with E-state index in [1.165, 1.54) is 0 Å². The van der Waals surface area contributed by atoms with Crippen molar-refractivity contribution in [2.45, 2.75) is 50.9 Å². The molecular formula is C24H25Cl3N2O3. The van der Waals surface area contributed by atoms with Crippen LogP contribution in [0.3, 0.4) is 0 Å². The molecule has 1 aliphatic rings. The summed E-state index contributed by atoms with van der Waals surface area (Å²) in [4.78, 5) is 4.13. The van der Waals surface area contributed by atoms with E-state index in [9.17, 15) is 0 Å². The van der Waals surface area contributed by atoms with E-state index in [1.807, 2.05) is 47.2 Å². The van der Waals surface area contributed by atoms with Gasteiger partial charge in [-0.05, 0) is 49.1 Å². The standard InChI is InChI=1S/C24H25Cl3N2O3/c25-18-6-4-17(5-7-18)14-30-15-20-2-1-3-24(31-20)32-23(13-29-11-10-28-16-29)21-9-8-19(26)12-22(21)27/h4-12,16,20,23-24H,1-3,13-15H2. The maximum absolute atomic E-state index is 6.49. The summed E-state index contributed by atoms with van der Waals surface area (Å²) in [6.07, 6.45) is 7.51. The smallest absolute Gasteiger partial charge is 0.158 e. The number of aromatic nitrogens is 2. The minimum Gasteiger partial charge on any atom is -0.374 e. The summed E-state index contributed by atoms with van der Waals surface area (Å²) in [6.45, 7) is 1.60. The molecule has 1 aliphatic heterocycles. The first-order chi connectivity index (χ1) is 15.6. The summed E-state index contributed by atoms with van der Waals surface area (Å²) in [5.41, 5.74) is 1.95. The summed E-state index contributed by atoms with van der Waals surface area (Å²) < 4.78 is 20.5. The van der Waals surface area contributed by atoms with Gasteiger partial charge in [-0.15, -0.1) is 0 Å². The van der Waals surface area contributed by atoms with E-state index in [1.54, 1.807) is 18.6 Å². The third kappa shape index (κ3) is 6.70. The van der Waals surface area contributed by atoms with Crippen molar-refractivity contribution in [3.8, 4) is 0 Å². The van der Waals surface area contributed by atoms with Crippen LogP contribution in [0.4, 0.5) is 0 Å². The van der Waals surface area contributed by atoms with Crippen LogP contribution in [0.1, 0.15) is 36.5 Å². The Kier molecular flexibility index (Phi) is 8.47. The summed E-state index contributed by atoms with van der Waals surface area (Å²) in [5.74, 6) is 0. The van der Waals surface area contributed by atoms with Crippen LogP contribution in [-0.2, 0) is 27.4 Å². The van der Waals surface area contributed by atoms with Crippen molar-refractivity contribution < 1.29 is 14.2 Å². The van der Waals surface area contributed by atoms with E-state index in [-0.39, 0.29) is 18.5 Å². The Hall–Kier alpha value is -1.60. The fourth-order valence-corrected chi connectivity index (χ4v) is 4.38. The number of halogens is 3. The lowest BCUT2D eigenvalue weighted by Gasteiger charge is -2.33. The molecule has 3 atom stereocenters. The molecule has 0 bridgehead atoms. The Labute approximate surface area is 203 Å². The molecule has 1 aromatic heterocycles. The van der Waals surface area contributed by atoms with Gasteiger partial charge < -0.3 is 18.8 Å². The zero-order chi connectivity index (χ0) is 22.3. The van der Waals surface area contributed by atoms with Gasteiger partial charge in [0.2, 0.25) is 0 Å². The number of imidazole rings is 1. The zero-order valence-corrected chi connectivity index (χ0v) is 19.8. The molecule has 8 heteroatoms. The third-order valence-corrected chi connectivity index (χ3v) is 6.17. The van der Waals surface area contributed by atoms with Gasteiger partial charge in [0.1, 0.15) is 6.10 Å². The average molecular weight is 496 g/mol. The van der Waals surface area contributed by atoms with Gasteiger partial charge in [-0.25, -0.2) is 4.98 Å². The van der Waals surface area contributed by atoms with Crippen LogP contribution in [0.25, 0.3) is 0 Å². The quantitative estimate of drug-likeness (QED) is 0.331. The van der Waals surface area contributed by atoms with Crippen LogP contribution < -0.4 is 0 Å². The second-order valence-electron chi connectivity index (χ2n) is 7.81. The van der Waals surface area contributed by atoms with E-state index in [0.29, 0.717) is 29.8 Å². The molecule has 0 spiro atoms. The largest absolute Gasteiger partial charge is 0.374 e. The molecule has 3 aromatic rings. The molecule has 5 nitrogen and oxygen atoms in total. The van der Waals surface area contributed by atoms with Crippen LogP contribution in [-0.4, -0.2) is 28.6 Å². The van der Waals surface area contributed by atoms with Crippen molar-refractivity contribution in [3.05, 3.63) is 87.4 Å². The molecule has 0 amide bonds. The van der Waals surface area contributed by atoms with Crippen molar-refractivity contribution in [1.29, 1.82) is 0 Å². The van der Waals surface area contributed by atoms with Crippen LogP contribution >= 0.6 is 34.8 Å². The van der Waals surface area contributed by atoms with Gasteiger partial charge in [-0.2, -0.15) is 0 Å². The Bertz CT molecular complexity index is 983. The van der Waals surface area contributed by atoms with E-state index in [0.717, 1.165) is 35.4 Å². The highest BCUT2D eigenvalue weighted by molar-refractivity contribution is 6.35. The predicted molar refractivity (Wildman–Crippen MR) is 126 cm³/mol. The first kappa shape index (κ1) is 23.6. The molecule has 1 saturated heterocycles. The highest BCUT2D eigenvalue weighted by atomic mass is 35.5. The number of hydrogen-bond donors (Lipinski definition) is 0. The van der Waals surface area contributed by atoms with Crippen LogP contribution in [0.5, 0.6) is 0 Å². The van der Waals surface area contributed by atoms with Crippen LogP contribution in [0.15, 0.2) is 61.2 Å². The fraction of sp³-hybridized carbons (Fsp3) is 0.375. The van der Waals surface area contributed by atoms with Gasteiger partial charge in [0, 0.05) is 33.0 Å². The second-order valence-corrected chi connectivity index (χ2v) is 9.09. The molecular weight excluding hydrogens is 471 g/mol. The SMILES string of the molecule is Clc1ccc(COCC2CCCC(OC(Cn3ccnc3)c3ccc(Cl)cc3Cl)O2)cc1. The van der Waals surface area contributed by atoms with Gasteiger partial charge in [0.05, 0.1) is 32.2 Å². The second kappa shape index (κ2) is 11.5. The van der Waals surface area contributed by atoms with E-state index in [2.05, 4.69) is 4.98 Å². The normalized spacial score (nSPS) is 19.7. The summed E-state index contributed by atoms with van der Waals surface area (Å²) >= 11 is 18.5. The molecule has 4 rings (SSSR count). The van der Waals surface area contributed by atoms with Crippen molar-refractivity contribution in [3.63, 3.8) is 0 Å². The van der Waals surface area contributed by atoms with Crippen molar-refractivity contribution in [2.24, 2.45) is 0 Å². The Balaban J connectivity index is 1.36. The number of rotatable bonds is 9. The summed E-state index contributed by atoms with van der Waals surface area (Å²) in [5, 5.41) is 1.88. The molecule has 3 unspecified atom stereocenters. The molecule has 170 valence electrons. The van der Waals surface area contributed by atoms with Gasteiger partial charge in [-0.1, -0.05) is 53.0 Å². The van der Waals surface area contributed by atoms with E-state index >= 15 is 0 Å². The number of nitrogens with zero attached hydrogens (tertiary/aromatic N) is 2. The number of hydrogen-bond acceptors (Lipinski definition) is 4. The average Bonchev–Trinajstić information content (AvgIpc) is 3.28. The lowest BCUT2D eigenvalue weighted by Crippen LogP contribution is -2.34.